The van der Waals surface area contributed by atoms with Gasteiger partial charge < -0.3 is 5.32 Å². The zero-order chi connectivity index (χ0) is 14.1. The first kappa shape index (κ1) is 13.5. The monoisotopic (exact) mass is 332 g/mol. The Balaban J connectivity index is 1.91. The van der Waals surface area contributed by atoms with Gasteiger partial charge in [-0.25, -0.2) is 9.97 Å². The minimum atomic E-state index is 0.275. The highest BCUT2D eigenvalue weighted by Crippen LogP contribution is 2.34. The molecule has 0 fully saturated rings. The number of pyridine rings is 1. The lowest BCUT2D eigenvalue weighted by Crippen LogP contribution is -2.19. The second-order valence-electron chi connectivity index (χ2n) is 5.17. The normalized spacial score (nSPS) is 17.6. The second kappa shape index (κ2) is 5.48. The van der Waals surface area contributed by atoms with E-state index < -0.39 is 0 Å². The van der Waals surface area contributed by atoms with Crippen LogP contribution < -0.4 is 5.32 Å². The molecule has 3 rings (SSSR count). The second-order valence-corrected chi connectivity index (χ2v) is 5.96. The maximum absolute atomic E-state index is 4.57. The van der Waals surface area contributed by atoms with E-state index in [9.17, 15) is 0 Å². The van der Waals surface area contributed by atoms with Gasteiger partial charge in [0, 0.05) is 23.7 Å². The van der Waals surface area contributed by atoms with Crippen LogP contribution in [0.1, 0.15) is 41.7 Å². The fourth-order valence-electron chi connectivity index (χ4n) is 2.64. The molecule has 5 heteroatoms. The molecule has 1 unspecified atom stereocenters. The van der Waals surface area contributed by atoms with Crippen LogP contribution in [0.2, 0.25) is 0 Å². The van der Waals surface area contributed by atoms with Gasteiger partial charge in [0.25, 0.3) is 0 Å². The van der Waals surface area contributed by atoms with Gasteiger partial charge in [-0.05, 0) is 55.1 Å². The summed E-state index contributed by atoms with van der Waals surface area (Å²) in [6, 6.07) is 2.28. The molecule has 1 aliphatic rings. The van der Waals surface area contributed by atoms with Crippen molar-refractivity contribution in [2.24, 2.45) is 0 Å². The van der Waals surface area contributed by atoms with Gasteiger partial charge in [0.15, 0.2) is 0 Å². The summed E-state index contributed by atoms with van der Waals surface area (Å²) in [5.41, 5.74) is 4.48. The van der Waals surface area contributed by atoms with Gasteiger partial charge in [0.2, 0.25) is 0 Å². The number of fused-ring (bicyclic) bond motifs is 1. The van der Waals surface area contributed by atoms with E-state index in [0.29, 0.717) is 0 Å². The molecule has 0 bridgehead atoms. The van der Waals surface area contributed by atoms with E-state index in [1.54, 1.807) is 0 Å². The Morgan fingerprint density at radius 1 is 1.30 bits per heavy atom. The third-order valence-electron chi connectivity index (χ3n) is 3.70. The lowest BCUT2D eigenvalue weighted by Gasteiger charge is -2.26. The van der Waals surface area contributed by atoms with Crippen LogP contribution in [0.15, 0.2) is 22.9 Å². The summed E-state index contributed by atoms with van der Waals surface area (Å²) >= 11 is 3.60. The molecule has 1 aliphatic carbocycles. The van der Waals surface area contributed by atoms with Gasteiger partial charge in [-0.15, -0.1) is 0 Å². The first-order chi connectivity index (χ1) is 9.65. The average Bonchev–Trinajstić information content (AvgIpc) is 2.44. The van der Waals surface area contributed by atoms with E-state index in [0.717, 1.165) is 40.9 Å². The molecule has 20 heavy (non-hydrogen) atoms. The van der Waals surface area contributed by atoms with E-state index in [1.165, 1.54) is 11.3 Å². The predicted molar refractivity (Wildman–Crippen MR) is 82.7 cm³/mol. The van der Waals surface area contributed by atoms with Crippen molar-refractivity contribution in [3.63, 3.8) is 0 Å². The van der Waals surface area contributed by atoms with Crippen LogP contribution >= 0.6 is 15.9 Å². The maximum Gasteiger partial charge on any atom is 0.125 e. The Bertz CT molecular complexity index is 642. The molecule has 2 heterocycles. The summed E-state index contributed by atoms with van der Waals surface area (Å²) in [6.45, 7) is 3.94. The fraction of sp³-hybridized carbons (Fsp3) is 0.400. The van der Waals surface area contributed by atoms with Crippen LogP contribution in [0, 0.1) is 13.8 Å². The smallest absolute Gasteiger partial charge is 0.125 e. The van der Waals surface area contributed by atoms with Crippen LogP contribution in [0.25, 0.3) is 0 Å². The van der Waals surface area contributed by atoms with Crippen molar-refractivity contribution in [3.05, 3.63) is 45.7 Å². The standard InChI is InChI=1S/C15H17BrN4/c1-9-15(16)14(6-7-17-9)20-13-5-3-4-12-11(13)8-18-10(2)19-12/h6-8,13H,3-5H2,1-2H3,(H,17,20). The van der Waals surface area contributed by atoms with Gasteiger partial charge >= 0.3 is 0 Å². The zero-order valence-electron chi connectivity index (χ0n) is 11.7. The summed E-state index contributed by atoms with van der Waals surface area (Å²) in [7, 11) is 0. The lowest BCUT2D eigenvalue weighted by atomic mass is 9.92. The number of anilines is 1. The largest absolute Gasteiger partial charge is 0.377 e. The van der Waals surface area contributed by atoms with Crippen molar-refractivity contribution in [1.82, 2.24) is 15.0 Å². The van der Waals surface area contributed by atoms with Crippen molar-refractivity contribution in [2.45, 2.75) is 39.2 Å². The molecule has 0 aromatic carbocycles. The van der Waals surface area contributed by atoms with E-state index in [-0.39, 0.29) is 6.04 Å². The number of halogens is 1. The van der Waals surface area contributed by atoms with Gasteiger partial charge in [-0.1, -0.05) is 0 Å². The molecule has 0 radical (unpaired) electrons. The molecule has 1 atom stereocenters. The molecule has 0 saturated heterocycles. The quantitative estimate of drug-likeness (QED) is 0.910. The summed E-state index contributed by atoms with van der Waals surface area (Å²) in [6.07, 6.45) is 7.11. The van der Waals surface area contributed by atoms with Crippen molar-refractivity contribution < 1.29 is 0 Å². The van der Waals surface area contributed by atoms with Gasteiger partial charge in [-0.2, -0.15) is 0 Å². The highest BCUT2D eigenvalue weighted by atomic mass is 79.9. The minimum Gasteiger partial charge on any atom is -0.377 e. The van der Waals surface area contributed by atoms with Gasteiger partial charge in [-0.3, -0.25) is 4.98 Å². The van der Waals surface area contributed by atoms with Crippen molar-refractivity contribution in [2.75, 3.05) is 5.32 Å². The summed E-state index contributed by atoms with van der Waals surface area (Å²) < 4.78 is 1.03. The van der Waals surface area contributed by atoms with Crippen molar-refractivity contribution in [1.29, 1.82) is 0 Å². The van der Waals surface area contributed by atoms with Crippen LogP contribution in [-0.2, 0) is 6.42 Å². The fourth-order valence-corrected chi connectivity index (χ4v) is 2.99. The van der Waals surface area contributed by atoms with Crippen molar-refractivity contribution in [3.8, 4) is 0 Å². The number of nitrogens with zero attached hydrogens (tertiary/aromatic N) is 3. The van der Waals surface area contributed by atoms with E-state index in [2.05, 4.69) is 36.2 Å². The molecule has 0 aliphatic heterocycles. The van der Waals surface area contributed by atoms with Crippen LogP contribution in [-0.4, -0.2) is 15.0 Å². The molecule has 1 N–H and O–H groups in total. The Labute approximate surface area is 127 Å². The lowest BCUT2D eigenvalue weighted by molar-refractivity contribution is 0.581. The Kier molecular flexibility index (Phi) is 3.70. The number of aromatic nitrogens is 3. The van der Waals surface area contributed by atoms with E-state index >= 15 is 0 Å². The molecule has 0 saturated carbocycles. The molecule has 2 aromatic heterocycles. The number of hydrogen-bond donors (Lipinski definition) is 1. The maximum atomic E-state index is 4.57. The highest BCUT2D eigenvalue weighted by Gasteiger charge is 2.22. The van der Waals surface area contributed by atoms with Gasteiger partial charge in [0.1, 0.15) is 5.82 Å². The topological polar surface area (TPSA) is 50.7 Å². The third-order valence-corrected chi connectivity index (χ3v) is 4.70. The molecule has 4 nitrogen and oxygen atoms in total. The van der Waals surface area contributed by atoms with Crippen LogP contribution in [0.5, 0.6) is 0 Å². The number of nitrogens with one attached hydrogen (secondary N) is 1. The SMILES string of the molecule is Cc1ncc2c(n1)CCCC2Nc1ccnc(C)c1Br. The Hall–Kier alpha value is -1.49. The third kappa shape index (κ3) is 2.54. The molecular formula is C15H17BrN4. The first-order valence-electron chi connectivity index (χ1n) is 6.85. The average molecular weight is 333 g/mol. The molecule has 104 valence electrons. The highest BCUT2D eigenvalue weighted by molar-refractivity contribution is 9.10. The molecule has 0 spiro atoms. The molecule has 2 aromatic rings. The molecular weight excluding hydrogens is 316 g/mol. The number of rotatable bonds is 2. The van der Waals surface area contributed by atoms with Gasteiger partial charge in [0.05, 0.1) is 21.9 Å². The summed E-state index contributed by atoms with van der Waals surface area (Å²) in [5.74, 6) is 0.852. The summed E-state index contributed by atoms with van der Waals surface area (Å²) in [5, 5.41) is 3.60. The van der Waals surface area contributed by atoms with Crippen LogP contribution in [0.3, 0.4) is 0 Å². The molecule has 0 amide bonds. The summed E-state index contributed by atoms with van der Waals surface area (Å²) in [4.78, 5) is 13.2. The zero-order valence-corrected chi connectivity index (χ0v) is 13.2. The Morgan fingerprint density at radius 2 is 2.15 bits per heavy atom. The van der Waals surface area contributed by atoms with E-state index in [4.69, 9.17) is 0 Å². The van der Waals surface area contributed by atoms with E-state index in [1.807, 2.05) is 32.3 Å². The minimum absolute atomic E-state index is 0.275. The van der Waals surface area contributed by atoms with Crippen molar-refractivity contribution >= 4 is 21.6 Å². The first-order valence-corrected chi connectivity index (χ1v) is 7.64. The predicted octanol–water partition coefficient (Wildman–Crippen LogP) is 3.74. The van der Waals surface area contributed by atoms with Crippen LogP contribution in [0.4, 0.5) is 5.69 Å². The Morgan fingerprint density at radius 3 is 3.00 bits per heavy atom. The number of hydrogen-bond acceptors (Lipinski definition) is 4. The number of aryl methyl sites for hydroxylation is 3.